The SMILES string of the molecule is OCC[NH+]1CN(c2nc3ccccc3s2)CN(c2nc3ccccc3s2)C1. The van der Waals surface area contributed by atoms with E-state index in [9.17, 15) is 5.11 Å². The Morgan fingerprint density at radius 2 is 1.37 bits per heavy atom. The summed E-state index contributed by atoms with van der Waals surface area (Å²) in [6.45, 7) is 3.32. The Bertz CT molecular complexity index is 930. The standard InChI is InChI=1S/C19H19N5OS2/c25-10-9-22-11-23(18-20-14-5-1-3-7-16(14)26-18)13-24(12-22)19-21-15-6-2-4-8-17(15)27-19/h1-8,25H,9-13H2/p+1. The van der Waals surface area contributed by atoms with Crippen LogP contribution < -0.4 is 14.7 Å². The first kappa shape index (κ1) is 16.9. The van der Waals surface area contributed by atoms with Crippen LogP contribution in [-0.4, -0.2) is 48.2 Å². The van der Waals surface area contributed by atoms with Crippen molar-refractivity contribution < 1.29 is 10.0 Å². The zero-order valence-electron chi connectivity index (χ0n) is 14.7. The van der Waals surface area contributed by atoms with Gasteiger partial charge in [-0.05, 0) is 24.3 Å². The van der Waals surface area contributed by atoms with Crippen LogP contribution in [0.5, 0.6) is 0 Å². The summed E-state index contributed by atoms with van der Waals surface area (Å²) in [4.78, 5) is 15.6. The van der Waals surface area contributed by atoms with Crippen LogP contribution in [0.3, 0.4) is 0 Å². The van der Waals surface area contributed by atoms with Crippen LogP contribution in [-0.2, 0) is 0 Å². The average Bonchev–Trinajstić information content (AvgIpc) is 3.32. The molecular weight excluding hydrogens is 378 g/mol. The molecule has 0 saturated carbocycles. The lowest BCUT2D eigenvalue weighted by molar-refractivity contribution is -0.902. The van der Waals surface area contributed by atoms with Crippen molar-refractivity contribution in [2.75, 3.05) is 43.0 Å². The van der Waals surface area contributed by atoms with E-state index in [1.54, 1.807) is 22.7 Å². The number of aliphatic hydroxyl groups excluding tert-OH is 1. The summed E-state index contributed by atoms with van der Waals surface area (Å²) >= 11 is 3.44. The van der Waals surface area contributed by atoms with Crippen LogP contribution in [0.4, 0.5) is 10.3 Å². The number of para-hydroxylation sites is 2. The zero-order chi connectivity index (χ0) is 18.2. The lowest BCUT2D eigenvalue weighted by Gasteiger charge is -2.39. The van der Waals surface area contributed by atoms with Gasteiger partial charge >= 0.3 is 0 Å². The number of quaternary nitrogens is 1. The molecular formula is C19H20N5OS2+. The van der Waals surface area contributed by atoms with E-state index < -0.39 is 0 Å². The van der Waals surface area contributed by atoms with Gasteiger partial charge < -0.3 is 5.11 Å². The molecule has 27 heavy (non-hydrogen) atoms. The fraction of sp³-hybridized carbons (Fsp3) is 0.263. The number of fused-ring (bicyclic) bond motifs is 2. The molecule has 6 nitrogen and oxygen atoms in total. The van der Waals surface area contributed by atoms with Crippen LogP contribution in [0.15, 0.2) is 48.5 Å². The lowest BCUT2D eigenvalue weighted by atomic mass is 10.3. The molecule has 138 valence electrons. The molecule has 2 aromatic heterocycles. The largest absolute Gasteiger partial charge is 0.391 e. The molecule has 5 rings (SSSR count). The molecule has 0 radical (unpaired) electrons. The van der Waals surface area contributed by atoms with Crippen molar-refractivity contribution in [3.63, 3.8) is 0 Å². The van der Waals surface area contributed by atoms with Crippen LogP contribution in [0, 0.1) is 0 Å². The fourth-order valence-corrected chi connectivity index (χ4v) is 5.37. The number of rotatable bonds is 4. The van der Waals surface area contributed by atoms with E-state index in [0.717, 1.165) is 41.3 Å². The van der Waals surface area contributed by atoms with E-state index >= 15 is 0 Å². The van der Waals surface area contributed by atoms with E-state index in [-0.39, 0.29) is 6.61 Å². The van der Waals surface area contributed by atoms with E-state index in [2.05, 4.69) is 46.2 Å². The lowest BCUT2D eigenvalue weighted by Crippen LogP contribution is -3.17. The maximum atomic E-state index is 9.48. The summed E-state index contributed by atoms with van der Waals surface area (Å²) in [6, 6.07) is 16.5. The van der Waals surface area contributed by atoms with Gasteiger partial charge in [0.2, 0.25) is 0 Å². The predicted octanol–water partition coefficient (Wildman–Crippen LogP) is 1.98. The molecule has 0 spiro atoms. The van der Waals surface area contributed by atoms with Gasteiger partial charge in [-0.3, -0.25) is 14.7 Å². The Labute approximate surface area is 164 Å². The third-order valence-corrected chi connectivity index (χ3v) is 6.94. The maximum Gasteiger partial charge on any atom is 0.192 e. The first-order valence-corrected chi connectivity index (χ1v) is 10.6. The van der Waals surface area contributed by atoms with Gasteiger partial charge in [0.15, 0.2) is 23.6 Å². The molecule has 0 bridgehead atoms. The van der Waals surface area contributed by atoms with Crippen molar-refractivity contribution in [3.05, 3.63) is 48.5 Å². The highest BCUT2D eigenvalue weighted by Gasteiger charge is 2.29. The molecule has 2 aromatic carbocycles. The second kappa shape index (κ2) is 7.05. The number of aliphatic hydroxyl groups is 1. The van der Waals surface area contributed by atoms with E-state index in [0.29, 0.717) is 6.54 Å². The normalized spacial score (nSPS) is 15.9. The van der Waals surface area contributed by atoms with Crippen molar-refractivity contribution in [1.82, 2.24) is 9.97 Å². The average molecular weight is 399 g/mol. The van der Waals surface area contributed by atoms with E-state index in [1.807, 2.05) is 12.1 Å². The van der Waals surface area contributed by atoms with Gasteiger partial charge in [0, 0.05) is 0 Å². The molecule has 0 unspecified atom stereocenters. The van der Waals surface area contributed by atoms with Crippen molar-refractivity contribution in [3.8, 4) is 0 Å². The van der Waals surface area contributed by atoms with Gasteiger partial charge in [-0.15, -0.1) is 0 Å². The number of anilines is 2. The predicted molar refractivity (Wildman–Crippen MR) is 112 cm³/mol. The Morgan fingerprint density at radius 1 is 0.852 bits per heavy atom. The number of benzene rings is 2. The Balaban J connectivity index is 1.48. The zero-order valence-corrected chi connectivity index (χ0v) is 16.3. The molecule has 0 aliphatic carbocycles. The van der Waals surface area contributed by atoms with E-state index in [1.165, 1.54) is 14.3 Å². The second-order valence-electron chi connectivity index (χ2n) is 6.69. The molecule has 1 aliphatic rings. The number of hydrogen-bond donors (Lipinski definition) is 2. The van der Waals surface area contributed by atoms with Crippen LogP contribution in [0.1, 0.15) is 0 Å². The maximum absolute atomic E-state index is 9.48. The Morgan fingerprint density at radius 3 is 1.85 bits per heavy atom. The van der Waals surface area contributed by atoms with Crippen molar-refractivity contribution in [1.29, 1.82) is 0 Å². The summed E-state index contributed by atoms with van der Waals surface area (Å²) in [6.07, 6.45) is 0. The highest BCUT2D eigenvalue weighted by molar-refractivity contribution is 7.22. The Hall–Kier alpha value is -2.26. The van der Waals surface area contributed by atoms with Gasteiger partial charge in [-0.1, -0.05) is 46.9 Å². The summed E-state index contributed by atoms with van der Waals surface area (Å²) in [5, 5.41) is 11.5. The third kappa shape index (κ3) is 3.25. The number of hydrogen-bond acceptors (Lipinski definition) is 7. The summed E-state index contributed by atoms with van der Waals surface area (Å²) in [7, 11) is 0. The highest BCUT2D eigenvalue weighted by Crippen LogP contribution is 2.31. The smallest absolute Gasteiger partial charge is 0.192 e. The van der Waals surface area contributed by atoms with Gasteiger partial charge in [-0.25, -0.2) is 9.97 Å². The summed E-state index contributed by atoms with van der Waals surface area (Å²) in [5.74, 6) is 0. The first-order valence-electron chi connectivity index (χ1n) is 8.95. The van der Waals surface area contributed by atoms with Gasteiger partial charge in [-0.2, -0.15) is 0 Å². The topological polar surface area (TPSA) is 56.9 Å². The molecule has 3 heterocycles. The highest BCUT2D eigenvalue weighted by atomic mass is 32.1. The fourth-order valence-electron chi connectivity index (χ4n) is 3.46. The van der Waals surface area contributed by atoms with Crippen LogP contribution >= 0.6 is 22.7 Å². The summed E-state index contributed by atoms with van der Waals surface area (Å²) in [5.41, 5.74) is 2.08. The monoisotopic (exact) mass is 398 g/mol. The Kier molecular flexibility index (Phi) is 4.41. The molecule has 0 amide bonds. The molecule has 4 aromatic rings. The minimum Gasteiger partial charge on any atom is -0.391 e. The molecule has 1 fully saturated rings. The quantitative estimate of drug-likeness (QED) is 0.551. The number of nitrogens with one attached hydrogen (secondary N) is 1. The van der Waals surface area contributed by atoms with Gasteiger partial charge in [0.05, 0.1) is 27.0 Å². The molecule has 1 aliphatic heterocycles. The van der Waals surface area contributed by atoms with E-state index in [4.69, 9.17) is 9.97 Å². The summed E-state index contributed by atoms with van der Waals surface area (Å²) < 4.78 is 2.40. The van der Waals surface area contributed by atoms with Crippen molar-refractivity contribution in [2.45, 2.75) is 0 Å². The molecule has 1 saturated heterocycles. The van der Waals surface area contributed by atoms with Crippen LogP contribution in [0.2, 0.25) is 0 Å². The van der Waals surface area contributed by atoms with Gasteiger partial charge in [0.1, 0.15) is 13.2 Å². The van der Waals surface area contributed by atoms with Crippen LogP contribution in [0.25, 0.3) is 20.4 Å². The molecule has 8 heteroatoms. The third-order valence-electron chi connectivity index (χ3n) is 4.74. The minimum atomic E-state index is 0.177. The first-order chi connectivity index (χ1) is 13.3. The molecule has 2 N–H and O–H groups in total. The number of nitrogens with zero attached hydrogens (tertiary/aromatic N) is 4. The second-order valence-corrected chi connectivity index (χ2v) is 8.71. The number of aromatic nitrogens is 2. The minimum absolute atomic E-state index is 0.177. The van der Waals surface area contributed by atoms with Crippen molar-refractivity contribution in [2.24, 2.45) is 0 Å². The van der Waals surface area contributed by atoms with Crippen molar-refractivity contribution >= 4 is 53.4 Å². The number of thiazole rings is 2. The molecule has 0 atom stereocenters. The van der Waals surface area contributed by atoms with Gasteiger partial charge in [0.25, 0.3) is 0 Å².